The molecule has 9 unspecified atom stereocenters. The average molecular weight is 715 g/mol. The fourth-order valence-electron chi connectivity index (χ4n) is 14.5. The lowest BCUT2D eigenvalue weighted by atomic mass is 9.46. The average Bonchev–Trinajstić information content (AvgIpc) is 3.60. The van der Waals surface area contributed by atoms with Gasteiger partial charge in [-0.1, -0.05) is 41.5 Å². The summed E-state index contributed by atoms with van der Waals surface area (Å²) in [4.78, 5) is 17.3. The first-order valence-corrected chi connectivity index (χ1v) is 21.3. The quantitative estimate of drug-likeness (QED) is 0.275. The Balaban J connectivity index is 0.00000200. The van der Waals surface area contributed by atoms with Crippen molar-refractivity contribution in [2.24, 2.45) is 51.2 Å². The lowest BCUT2D eigenvalue weighted by molar-refractivity contribution is -0.250. The normalized spacial score (nSPS) is 47.0. The Morgan fingerprint density at radius 1 is 0.961 bits per heavy atom. The van der Waals surface area contributed by atoms with Crippen LogP contribution < -0.4 is 0 Å². The van der Waals surface area contributed by atoms with Crippen LogP contribution in [0.2, 0.25) is 0 Å². The van der Waals surface area contributed by atoms with Crippen molar-refractivity contribution in [2.45, 2.75) is 182 Å². The summed E-state index contributed by atoms with van der Waals surface area (Å²) in [5.74, 6) is 2.83. The Hall–Kier alpha value is -0.770. The second-order valence-electron chi connectivity index (χ2n) is 20.2. The van der Waals surface area contributed by atoms with Crippen LogP contribution in [0.15, 0.2) is 0 Å². The number of carbonyl (C=O) groups excluding carboxylic acids is 1. The highest BCUT2D eigenvalue weighted by Crippen LogP contribution is 2.87. The number of morpholine rings is 1. The molecule has 0 aromatic heterocycles. The minimum Gasteiger partial charge on any atom is -0.457 e. The molecule has 5 saturated carbocycles. The Labute approximate surface area is 310 Å². The lowest BCUT2D eigenvalue weighted by Crippen LogP contribution is -2.64. The fraction of sp³-hybridized carbons (Fsp3) is 0.977. The highest BCUT2D eigenvalue weighted by atomic mass is 16.7. The van der Waals surface area contributed by atoms with Gasteiger partial charge in [0.15, 0.2) is 12.4 Å². The molecule has 13 atom stereocenters. The molecule has 0 aromatic rings. The number of esters is 1. The molecule has 8 nitrogen and oxygen atoms in total. The molecule has 1 N–H and O–H groups in total. The Morgan fingerprint density at radius 3 is 2.35 bits per heavy atom. The zero-order valence-electron chi connectivity index (χ0n) is 34.2. The molecule has 8 aliphatic rings. The molecule has 0 amide bonds. The fourth-order valence-corrected chi connectivity index (χ4v) is 14.5. The minimum atomic E-state index is -1.15. The van der Waals surface area contributed by atoms with E-state index >= 15 is 0 Å². The Morgan fingerprint density at radius 2 is 1.69 bits per heavy atom. The molecule has 0 bridgehead atoms. The zero-order chi connectivity index (χ0) is 36.9. The Bertz CT molecular complexity index is 1280. The smallest absolute Gasteiger partial charge is 0.303 e. The van der Waals surface area contributed by atoms with Crippen molar-refractivity contribution in [1.29, 1.82) is 0 Å². The number of fused-ring (bicyclic) bond motifs is 4. The molecular weight excluding hydrogens is 640 g/mol. The molecule has 292 valence electrons. The molecule has 3 heterocycles. The predicted octanol–water partition coefficient (Wildman–Crippen LogP) is 7.30. The summed E-state index contributed by atoms with van der Waals surface area (Å²) in [5, 5.41) is 11.0. The summed E-state index contributed by atoms with van der Waals surface area (Å²) in [6, 6.07) is 1.28. The summed E-state index contributed by atoms with van der Waals surface area (Å²) >= 11 is 0. The standard InChI is InChI=1S/C41H68N2O6.C2H6/c1-24(2)43-20-27(21-43)42-16-17-46-34(22-42)49-33-12-13-41-23-40(41)15-14-39(9)29(28(40)10-11-32(41)37(33,5)6)19-30-35(39)25(3)18-31(48-30)36(38(7,8)45)47-26(4)44;1-2/h24-25,27-36,45H,10-23H2,1-9H3;1-2H3/t25-,28?,29?,30?,31?,32?,33+,34?,35?,36+,39?,40+,41?;/m1./s1. The maximum absolute atomic E-state index is 12.1. The molecule has 3 saturated heterocycles. The van der Waals surface area contributed by atoms with Gasteiger partial charge in [0.2, 0.25) is 0 Å². The molecule has 2 spiro atoms. The molecule has 0 aromatic carbocycles. The monoisotopic (exact) mass is 715 g/mol. The first kappa shape index (κ1) is 38.5. The van der Waals surface area contributed by atoms with Crippen LogP contribution in [-0.2, 0) is 23.7 Å². The number of likely N-dealkylation sites (tertiary alicyclic amines) is 1. The molecule has 0 radical (unpaired) electrons. The van der Waals surface area contributed by atoms with Crippen molar-refractivity contribution in [1.82, 2.24) is 9.80 Å². The molecule has 3 aliphatic heterocycles. The van der Waals surface area contributed by atoms with E-state index in [-0.39, 0.29) is 36.0 Å². The highest BCUT2D eigenvalue weighted by Gasteiger charge is 2.81. The zero-order valence-corrected chi connectivity index (χ0v) is 34.2. The molecule has 5 aliphatic carbocycles. The second-order valence-corrected chi connectivity index (χ2v) is 20.2. The van der Waals surface area contributed by atoms with Crippen LogP contribution >= 0.6 is 0 Å². The van der Waals surface area contributed by atoms with E-state index < -0.39 is 11.7 Å². The van der Waals surface area contributed by atoms with E-state index in [4.69, 9.17) is 18.9 Å². The van der Waals surface area contributed by atoms with Crippen LogP contribution in [0.1, 0.15) is 134 Å². The largest absolute Gasteiger partial charge is 0.457 e. The number of hydrogen-bond acceptors (Lipinski definition) is 8. The van der Waals surface area contributed by atoms with Gasteiger partial charge in [0.05, 0.1) is 30.5 Å². The number of nitrogens with zero attached hydrogens (tertiary/aromatic N) is 2. The molecule has 8 heteroatoms. The van der Waals surface area contributed by atoms with E-state index in [9.17, 15) is 9.90 Å². The van der Waals surface area contributed by atoms with Crippen molar-refractivity contribution in [3.63, 3.8) is 0 Å². The van der Waals surface area contributed by atoms with E-state index in [2.05, 4.69) is 51.3 Å². The van der Waals surface area contributed by atoms with Crippen molar-refractivity contribution < 1.29 is 28.8 Å². The lowest BCUT2D eigenvalue weighted by Gasteiger charge is -2.60. The van der Waals surface area contributed by atoms with E-state index in [0.29, 0.717) is 52.0 Å². The summed E-state index contributed by atoms with van der Waals surface area (Å²) in [7, 11) is 0. The third-order valence-corrected chi connectivity index (χ3v) is 16.7. The van der Waals surface area contributed by atoms with Gasteiger partial charge in [0.1, 0.15) is 0 Å². The van der Waals surface area contributed by atoms with Crippen molar-refractivity contribution >= 4 is 5.97 Å². The van der Waals surface area contributed by atoms with E-state index in [1.807, 2.05) is 13.8 Å². The molecule has 8 fully saturated rings. The van der Waals surface area contributed by atoms with E-state index in [1.165, 1.54) is 58.5 Å². The van der Waals surface area contributed by atoms with Gasteiger partial charge in [0.25, 0.3) is 0 Å². The highest BCUT2D eigenvalue weighted by molar-refractivity contribution is 5.66. The summed E-state index contributed by atoms with van der Waals surface area (Å²) in [6.07, 6.45) is 10.6. The minimum absolute atomic E-state index is 0.107. The van der Waals surface area contributed by atoms with Gasteiger partial charge in [-0.15, -0.1) is 0 Å². The number of rotatable bonds is 7. The van der Waals surface area contributed by atoms with Crippen LogP contribution in [0.3, 0.4) is 0 Å². The van der Waals surface area contributed by atoms with Gasteiger partial charge in [-0.2, -0.15) is 0 Å². The molecule has 51 heavy (non-hydrogen) atoms. The van der Waals surface area contributed by atoms with E-state index in [0.717, 1.165) is 44.9 Å². The SMILES string of the molecule is CC.CC(=O)O[C@@H](C1C[C@@H](C)C2C(CC3C4CCC5C(C)(C)[C@@H](OC6CN(C7CN(C(C)C)C7)CCO6)CCC56C[C@@]46CCC32C)O1)C(C)(C)O. The summed E-state index contributed by atoms with van der Waals surface area (Å²) < 4.78 is 26.0. The van der Waals surface area contributed by atoms with E-state index in [1.54, 1.807) is 13.8 Å². The number of hydrogen-bond donors (Lipinski definition) is 1. The van der Waals surface area contributed by atoms with Gasteiger partial charge in [-0.3, -0.25) is 14.6 Å². The maximum atomic E-state index is 12.1. The van der Waals surface area contributed by atoms with Gasteiger partial charge in [-0.25, -0.2) is 0 Å². The topological polar surface area (TPSA) is 80.7 Å². The van der Waals surface area contributed by atoms with Crippen LogP contribution in [0.4, 0.5) is 0 Å². The molecule has 8 rings (SSSR count). The van der Waals surface area contributed by atoms with Gasteiger partial charge in [-0.05, 0) is 137 Å². The third kappa shape index (κ3) is 6.09. The second kappa shape index (κ2) is 13.5. The summed E-state index contributed by atoms with van der Waals surface area (Å²) in [5.41, 5.74) is 0.235. The van der Waals surface area contributed by atoms with Gasteiger partial charge >= 0.3 is 5.97 Å². The molecular formula is C43H74N2O6. The Kier molecular flexibility index (Phi) is 10.2. The first-order valence-electron chi connectivity index (χ1n) is 21.3. The van der Waals surface area contributed by atoms with Crippen LogP contribution in [0.5, 0.6) is 0 Å². The summed E-state index contributed by atoms with van der Waals surface area (Å²) in [6.45, 7) is 28.7. The van der Waals surface area contributed by atoms with Crippen molar-refractivity contribution in [3.8, 4) is 0 Å². The van der Waals surface area contributed by atoms with Gasteiger partial charge in [0, 0.05) is 45.2 Å². The number of aliphatic hydroxyl groups is 1. The number of ether oxygens (including phenoxy) is 4. The van der Waals surface area contributed by atoms with Crippen molar-refractivity contribution in [3.05, 3.63) is 0 Å². The van der Waals surface area contributed by atoms with Crippen LogP contribution in [0.25, 0.3) is 0 Å². The van der Waals surface area contributed by atoms with Gasteiger partial charge < -0.3 is 24.1 Å². The first-order chi connectivity index (χ1) is 24.0. The third-order valence-electron chi connectivity index (χ3n) is 16.7. The predicted molar refractivity (Wildman–Crippen MR) is 200 cm³/mol. The maximum Gasteiger partial charge on any atom is 0.303 e. The number of carbonyl (C=O) groups is 1. The van der Waals surface area contributed by atoms with Crippen LogP contribution in [-0.4, -0.2) is 102 Å². The van der Waals surface area contributed by atoms with Crippen LogP contribution in [0, 0.1) is 51.2 Å². The van der Waals surface area contributed by atoms with Crippen molar-refractivity contribution in [2.75, 3.05) is 32.8 Å².